The number of halogens is 1. The van der Waals surface area contributed by atoms with Crippen LogP contribution in [-0.4, -0.2) is 11.9 Å². The molecule has 0 saturated carbocycles. The Morgan fingerprint density at radius 2 is 2.10 bits per heavy atom. The predicted molar refractivity (Wildman–Crippen MR) is 78.1 cm³/mol. The molecule has 0 aromatic heterocycles. The smallest absolute Gasteiger partial charge is 0.153 e. The van der Waals surface area contributed by atoms with Crippen molar-refractivity contribution in [2.24, 2.45) is 4.99 Å². The fraction of sp³-hybridized carbons (Fsp3) is 0.133. The highest BCUT2D eigenvalue weighted by Gasteiger charge is 2.20. The lowest BCUT2D eigenvalue weighted by Gasteiger charge is -2.24. The Morgan fingerprint density at radius 1 is 1.25 bits per heavy atom. The quantitative estimate of drug-likeness (QED) is 0.782. The van der Waals surface area contributed by atoms with E-state index in [4.69, 9.17) is 10.5 Å². The number of anilines is 2. The second-order valence-electron chi connectivity index (χ2n) is 4.62. The van der Waals surface area contributed by atoms with Gasteiger partial charge in [0.25, 0.3) is 0 Å². The van der Waals surface area contributed by atoms with E-state index < -0.39 is 0 Å². The first kappa shape index (κ1) is 12.5. The molecule has 0 radical (unpaired) electrons. The molecular weight excluding hydrogens is 257 g/mol. The lowest BCUT2D eigenvalue weighted by Crippen LogP contribution is -2.32. The number of nitrogens with two attached hydrogens (primary N) is 1. The maximum atomic E-state index is 13.2. The number of amidine groups is 1. The SMILES string of the molecule is CC1Oc2ccc(N)cc2N=C1Nc1cccc(F)c1. The molecule has 3 rings (SSSR count). The largest absolute Gasteiger partial charge is 0.481 e. The Hall–Kier alpha value is -2.56. The Kier molecular flexibility index (Phi) is 3.02. The van der Waals surface area contributed by atoms with Gasteiger partial charge in [-0.25, -0.2) is 9.38 Å². The number of rotatable bonds is 1. The van der Waals surface area contributed by atoms with Gasteiger partial charge in [-0.15, -0.1) is 0 Å². The number of nitrogen functional groups attached to an aromatic ring is 1. The van der Waals surface area contributed by atoms with Crippen molar-refractivity contribution in [3.63, 3.8) is 0 Å². The molecule has 1 unspecified atom stereocenters. The van der Waals surface area contributed by atoms with E-state index in [2.05, 4.69) is 10.3 Å². The van der Waals surface area contributed by atoms with Crippen LogP contribution in [-0.2, 0) is 0 Å². The van der Waals surface area contributed by atoms with Gasteiger partial charge in [0.2, 0.25) is 0 Å². The predicted octanol–water partition coefficient (Wildman–Crippen LogP) is 3.33. The molecule has 1 aliphatic rings. The molecule has 3 N–H and O–H groups in total. The van der Waals surface area contributed by atoms with Crippen molar-refractivity contribution in [3.8, 4) is 5.75 Å². The standard InChI is InChI=1S/C15H14FN3O/c1-9-15(18-12-4-2-3-10(16)7-12)19-13-8-11(17)5-6-14(13)20-9/h2-9H,17H2,1H3,(H,18,19). The minimum Gasteiger partial charge on any atom is -0.481 e. The Bertz CT molecular complexity index is 685. The van der Waals surface area contributed by atoms with E-state index in [9.17, 15) is 4.39 Å². The summed E-state index contributed by atoms with van der Waals surface area (Å²) in [6.07, 6.45) is -0.241. The van der Waals surface area contributed by atoms with E-state index >= 15 is 0 Å². The van der Waals surface area contributed by atoms with E-state index in [-0.39, 0.29) is 11.9 Å². The van der Waals surface area contributed by atoms with Crippen molar-refractivity contribution in [1.82, 2.24) is 0 Å². The summed E-state index contributed by atoms with van der Waals surface area (Å²) in [6.45, 7) is 1.88. The van der Waals surface area contributed by atoms with Gasteiger partial charge in [0.05, 0.1) is 0 Å². The number of ether oxygens (including phenoxy) is 1. The number of benzene rings is 2. The van der Waals surface area contributed by atoms with Gasteiger partial charge in [0, 0.05) is 11.4 Å². The number of nitrogens with one attached hydrogen (secondary N) is 1. The molecule has 4 nitrogen and oxygen atoms in total. The molecule has 1 aliphatic heterocycles. The van der Waals surface area contributed by atoms with Gasteiger partial charge in [0.15, 0.2) is 6.10 Å². The Balaban J connectivity index is 1.93. The molecule has 2 aromatic rings. The zero-order valence-corrected chi connectivity index (χ0v) is 10.9. The molecule has 2 aromatic carbocycles. The van der Waals surface area contributed by atoms with Crippen molar-refractivity contribution in [3.05, 3.63) is 48.3 Å². The summed E-state index contributed by atoms with van der Waals surface area (Å²) in [5.74, 6) is 1.01. The normalized spacial score (nSPS) is 16.9. The van der Waals surface area contributed by atoms with Crippen LogP contribution in [0, 0.1) is 5.82 Å². The first-order chi connectivity index (χ1) is 9.61. The van der Waals surface area contributed by atoms with Crippen molar-refractivity contribution in [2.45, 2.75) is 13.0 Å². The minimum absolute atomic E-state index is 0.241. The lowest BCUT2D eigenvalue weighted by atomic mass is 10.2. The number of hydrogen-bond acceptors (Lipinski definition) is 4. The van der Waals surface area contributed by atoms with Gasteiger partial charge in [-0.1, -0.05) is 6.07 Å². The molecule has 0 bridgehead atoms. The van der Waals surface area contributed by atoms with Crippen LogP contribution in [0.5, 0.6) is 5.75 Å². The summed E-state index contributed by atoms with van der Waals surface area (Å²) in [5, 5.41) is 3.08. The maximum absolute atomic E-state index is 13.2. The topological polar surface area (TPSA) is 59.6 Å². The first-order valence-corrected chi connectivity index (χ1v) is 6.29. The van der Waals surface area contributed by atoms with Crippen LogP contribution in [0.3, 0.4) is 0 Å². The number of hydrogen-bond donors (Lipinski definition) is 2. The molecule has 0 saturated heterocycles. The summed E-state index contributed by atoms with van der Waals surface area (Å²) in [5.41, 5.74) is 7.66. The average Bonchev–Trinajstić information content (AvgIpc) is 2.40. The van der Waals surface area contributed by atoms with Crippen LogP contribution in [0.25, 0.3) is 0 Å². The van der Waals surface area contributed by atoms with Gasteiger partial charge in [-0.3, -0.25) is 0 Å². The van der Waals surface area contributed by atoms with Crippen LogP contribution >= 0.6 is 0 Å². The van der Waals surface area contributed by atoms with Gasteiger partial charge >= 0.3 is 0 Å². The van der Waals surface area contributed by atoms with E-state index in [1.807, 2.05) is 6.92 Å². The fourth-order valence-corrected chi connectivity index (χ4v) is 2.03. The fourth-order valence-electron chi connectivity index (χ4n) is 2.03. The molecule has 0 aliphatic carbocycles. The van der Waals surface area contributed by atoms with Crippen molar-refractivity contribution < 1.29 is 9.13 Å². The Labute approximate surface area is 116 Å². The highest BCUT2D eigenvalue weighted by Crippen LogP contribution is 2.34. The molecule has 1 heterocycles. The zero-order valence-electron chi connectivity index (χ0n) is 10.9. The lowest BCUT2D eigenvalue weighted by molar-refractivity contribution is 0.283. The van der Waals surface area contributed by atoms with Crippen LogP contribution < -0.4 is 15.8 Å². The number of fused-ring (bicyclic) bond motifs is 1. The maximum Gasteiger partial charge on any atom is 0.153 e. The van der Waals surface area contributed by atoms with Crippen LogP contribution in [0.2, 0.25) is 0 Å². The molecule has 102 valence electrons. The monoisotopic (exact) mass is 271 g/mol. The van der Waals surface area contributed by atoms with Gasteiger partial charge in [0.1, 0.15) is 23.1 Å². The van der Waals surface area contributed by atoms with E-state index in [0.717, 1.165) is 0 Å². The van der Waals surface area contributed by atoms with Crippen molar-refractivity contribution in [1.29, 1.82) is 0 Å². The molecule has 1 atom stereocenters. The third-order valence-corrected chi connectivity index (χ3v) is 3.01. The second kappa shape index (κ2) is 4.85. The average molecular weight is 271 g/mol. The van der Waals surface area contributed by atoms with Crippen LogP contribution in [0.15, 0.2) is 47.5 Å². The van der Waals surface area contributed by atoms with E-state index in [0.29, 0.717) is 28.6 Å². The summed E-state index contributed by atoms with van der Waals surface area (Å²) in [7, 11) is 0. The molecule has 0 spiro atoms. The highest BCUT2D eigenvalue weighted by molar-refractivity contribution is 6.01. The Morgan fingerprint density at radius 3 is 2.90 bits per heavy atom. The van der Waals surface area contributed by atoms with Crippen molar-refractivity contribution in [2.75, 3.05) is 11.1 Å². The third-order valence-electron chi connectivity index (χ3n) is 3.01. The van der Waals surface area contributed by atoms with Gasteiger partial charge < -0.3 is 15.8 Å². The molecule has 0 fully saturated rings. The summed E-state index contributed by atoms with van der Waals surface area (Å²) < 4.78 is 18.9. The first-order valence-electron chi connectivity index (χ1n) is 6.29. The number of aliphatic imine (C=N–C) groups is 1. The second-order valence-corrected chi connectivity index (χ2v) is 4.62. The molecule has 5 heteroatoms. The zero-order chi connectivity index (χ0) is 14.1. The van der Waals surface area contributed by atoms with E-state index in [1.165, 1.54) is 12.1 Å². The number of nitrogens with zero attached hydrogens (tertiary/aromatic N) is 1. The summed E-state index contributed by atoms with van der Waals surface area (Å²) in [4.78, 5) is 4.49. The van der Waals surface area contributed by atoms with Gasteiger partial charge in [-0.2, -0.15) is 0 Å². The van der Waals surface area contributed by atoms with Gasteiger partial charge in [-0.05, 0) is 43.3 Å². The van der Waals surface area contributed by atoms with Crippen molar-refractivity contribution >= 4 is 22.9 Å². The summed E-state index contributed by atoms with van der Waals surface area (Å²) >= 11 is 0. The van der Waals surface area contributed by atoms with Crippen LogP contribution in [0.4, 0.5) is 21.5 Å². The molecule has 0 amide bonds. The minimum atomic E-state index is -0.301. The molecular formula is C15H14FN3O. The summed E-state index contributed by atoms with van der Waals surface area (Å²) in [6, 6.07) is 11.5. The van der Waals surface area contributed by atoms with Crippen LogP contribution in [0.1, 0.15) is 6.92 Å². The van der Waals surface area contributed by atoms with E-state index in [1.54, 1.807) is 30.3 Å². The third kappa shape index (κ3) is 2.42. The molecule has 20 heavy (non-hydrogen) atoms. The highest BCUT2D eigenvalue weighted by atomic mass is 19.1.